The van der Waals surface area contributed by atoms with Crippen LogP contribution in [0.4, 0.5) is 14.9 Å². The molecule has 1 heterocycles. The van der Waals surface area contributed by atoms with Crippen LogP contribution in [0.15, 0.2) is 36.4 Å². The van der Waals surface area contributed by atoms with Crippen LogP contribution < -0.4 is 9.64 Å². The van der Waals surface area contributed by atoms with Crippen LogP contribution in [0.3, 0.4) is 0 Å². The maximum absolute atomic E-state index is 13.4. The van der Waals surface area contributed by atoms with Crippen LogP contribution in [0.5, 0.6) is 11.5 Å². The molecule has 3 rings (SSSR count). The Labute approximate surface area is 120 Å². The zero-order valence-electron chi connectivity index (χ0n) is 10.7. The number of hydrogen-bond donors (Lipinski definition) is 0. The third-order valence-corrected chi connectivity index (χ3v) is 3.39. The van der Waals surface area contributed by atoms with Gasteiger partial charge in [0.15, 0.2) is 5.75 Å². The monoisotopic (exact) mass is 291 g/mol. The van der Waals surface area contributed by atoms with E-state index in [0.29, 0.717) is 17.2 Å². The van der Waals surface area contributed by atoms with Crippen molar-refractivity contribution in [1.82, 2.24) is 0 Å². The highest BCUT2D eigenvalue weighted by molar-refractivity contribution is 6.66. The Kier molecular flexibility index (Phi) is 3.10. The summed E-state index contributed by atoms with van der Waals surface area (Å²) in [6, 6.07) is 9.69. The summed E-state index contributed by atoms with van der Waals surface area (Å²) >= 11 is 5.62. The Morgan fingerprint density at radius 2 is 2.00 bits per heavy atom. The molecule has 1 amide bonds. The maximum Gasteiger partial charge on any atom is 0.321 e. The van der Waals surface area contributed by atoms with Gasteiger partial charge in [0.05, 0.1) is 12.2 Å². The lowest BCUT2D eigenvalue weighted by molar-refractivity contribution is 0.264. The van der Waals surface area contributed by atoms with E-state index in [-0.39, 0.29) is 6.54 Å². The highest BCUT2D eigenvalue weighted by atomic mass is 35.5. The van der Waals surface area contributed by atoms with Crippen molar-refractivity contribution in [2.45, 2.75) is 13.5 Å². The molecule has 0 saturated carbocycles. The molecule has 1 aliphatic rings. The first-order valence-electron chi connectivity index (χ1n) is 6.08. The smallest absolute Gasteiger partial charge is 0.321 e. The number of halogens is 2. The minimum Gasteiger partial charge on any atom is -0.455 e. The van der Waals surface area contributed by atoms with Crippen LogP contribution in [0, 0.1) is 12.7 Å². The van der Waals surface area contributed by atoms with Crippen molar-refractivity contribution in [3.05, 3.63) is 53.3 Å². The van der Waals surface area contributed by atoms with E-state index in [9.17, 15) is 9.18 Å². The number of nitrogens with zero attached hydrogens (tertiary/aromatic N) is 1. The molecule has 102 valence electrons. The molecule has 5 heteroatoms. The van der Waals surface area contributed by atoms with Gasteiger partial charge in [-0.2, -0.15) is 0 Å². The van der Waals surface area contributed by atoms with Gasteiger partial charge in [-0.1, -0.05) is 17.7 Å². The molecule has 0 aromatic heterocycles. The van der Waals surface area contributed by atoms with E-state index in [1.807, 2.05) is 25.1 Å². The Hall–Kier alpha value is -2.07. The van der Waals surface area contributed by atoms with E-state index in [1.165, 1.54) is 23.1 Å². The van der Waals surface area contributed by atoms with Gasteiger partial charge >= 0.3 is 5.37 Å². The molecule has 2 aromatic carbocycles. The fraction of sp³-hybridized carbons (Fsp3) is 0.133. The number of benzene rings is 2. The summed E-state index contributed by atoms with van der Waals surface area (Å²) in [5, 5.41) is -0.671. The van der Waals surface area contributed by atoms with E-state index >= 15 is 0 Å². The third-order valence-electron chi connectivity index (χ3n) is 3.19. The van der Waals surface area contributed by atoms with Crippen molar-refractivity contribution < 1.29 is 13.9 Å². The molecule has 0 bridgehead atoms. The van der Waals surface area contributed by atoms with E-state index < -0.39 is 11.2 Å². The number of fused-ring (bicyclic) bond motifs is 2. The number of anilines is 1. The molecule has 0 radical (unpaired) electrons. The number of carbonyl (C=O) groups is 1. The predicted molar refractivity (Wildman–Crippen MR) is 75.1 cm³/mol. The third kappa shape index (κ3) is 2.23. The quantitative estimate of drug-likeness (QED) is 0.524. The summed E-state index contributed by atoms with van der Waals surface area (Å²) in [6.45, 7) is 2.20. The second-order valence-corrected chi connectivity index (χ2v) is 4.99. The van der Waals surface area contributed by atoms with E-state index in [1.54, 1.807) is 0 Å². The van der Waals surface area contributed by atoms with Gasteiger partial charge in [0.2, 0.25) is 0 Å². The standard InChI is InChI=1S/C15H11ClFNO2/c1-9-2-4-13-10(6-9)8-18(15(16)19)12-7-11(17)3-5-14(12)20-13/h2-7H,8H2,1H3. The molecule has 0 unspecified atom stereocenters. The first-order chi connectivity index (χ1) is 9.54. The van der Waals surface area contributed by atoms with Gasteiger partial charge in [0.1, 0.15) is 11.6 Å². The summed E-state index contributed by atoms with van der Waals surface area (Å²) in [6.07, 6.45) is 0. The Bertz CT molecular complexity index is 702. The van der Waals surface area contributed by atoms with Gasteiger partial charge < -0.3 is 4.74 Å². The Morgan fingerprint density at radius 3 is 2.75 bits per heavy atom. The fourth-order valence-electron chi connectivity index (χ4n) is 2.25. The van der Waals surface area contributed by atoms with Crippen molar-refractivity contribution in [2.75, 3.05) is 4.90 Å². The zero-order chi connectivity index (χ0) is 14.3. The molecule has 0 atom stereocenters. The normalized spacial score (nSPS) is 13.1. The molecular formula is C15H11ClFNO2. The first kappa shape index (κ1) is 12.9. The van der Waals surface area contributed by atoms with Crippen LogP contribution in [0.25, 0.3) is 0 Å². The van der Waals surface area contributed by atoms with Gasteiger partial charge in [0, 0.05) is 11.6 Å². The minimum atomic E-state index is -0.671. The summed E-state index contributed by atoms with van der Waals surface area (Å²) in [5.41, 5.74) is 2.21. The van der Waals surface area contributed by atoms with Crippen LogP contribution in [0.2, 0.25) is 0 Å². The molecule has 1 aliphatic heterocycles. The summed E-state index contributed by atoms with van der Waals surface area (Å²) in [7, 11) is 0. The molecule has 0 aliphatic carbocycles. The van der Waals surface area contributed by atoms with Crippen LogP contribution >= 0.6 is 11.6 Å². The SMILES string of the molecule is Cc1ccc2c(c1)CN(C(=O)Cl)c1cc(F)ccc1O2. The number of carbonyl (C=O) groups excluding carboxylic acids is 1. The topological polar surface area (TPSA) is 29.5 Å². The molecule has 2 aromatic rings. The minimum absolute atomic E-state index is 0.246. The van der Waals surface area contributed by atoms with Gasteiger partial charge in [-0.05, 0) is 36.7 Å². The van der Waals surface area contributed by atoms with E-state index in [2.05, 4.69) is 0 Å². The Morgan fingerprint density at radius 1 is 1.25 bits per heavy atom. The lowest BCUT2D eigenvalue weighted by Gasteiger charge is -2.18. The van der Waals surface area contributed by atoms with Gasteiger partial charge in [-0.25, -0.2) is 4.39 Å². The number of hydrogen-bond acceptors (Lipinski definition) is 2. The van der Waals surface area contributed by atoms with Gasteiger partial charge in [0.25, 0.3) is 0 Å². The summed E-state index contributed by atoms with van der Waals surface area (Å²) in [4.78, 5) is 12.9. The fourth-order valence-corrected chi connectivity index (χ4v) is 2.40. The number of rotatable bonds is 0. The number of ether oxygens (including phenoxy) is 1. The molecule has 0 spiro atoms. The summed E-state index contributed by atoms with van der Waals surface area (Å²) in [5.74, 6) is 0.601. The van der Waals surface area contributed by atoms with E-state index in [0.717, 1.165) is 11.1 Å². The van der Waals surface area contributed by atoms with Crippen molar-refractivity contribution in [1.29, 1.82) is 0 Å². The summed E-state index contributed by atoms with van der Waals surface area (Å²) < 4.78 is 19.2. The first-order valence-corrected chi connectivity index (χ1v) is 6.46. The van der Waals surface area contributed by atoms with Crippen molar-refractivity contribution in [3.63, 3.8) is 0 Å². The second kappa shape index (κ2) is 4.80. The number of aryl methyl sites for hydroxylation is 1. The molecule has 20 heavy (non-hydrogen) atoms. The van der Waals surface area contributed by atoms with Gasteiger partial charge in [-0.3, -0.25) is 9.69 Å². The molecule has 0 fully saturated rings. The predicted octanol–water partition coefficient (Wildman–Crippen LogP) is 4.61. The highest BCUT2D eigenvalue weighted by Gasteiger charge is 2.24. The molecular weight excluding hydrogens is 281 g/mol. The van der Waals surface area contributed by atoms with Crippen LogP contribution in [0.1, 0.15) is 11.1 Å². The molecule has 0 N–H and O–H groups in total. The van der Waals surface area contributed by atoms with E-state index in [4.69, 9.17) is 16.3 Å². The average Bonchev–Trinajstić information content (AvgIpc) is 2.55. The Balaban J connectivity index is 2.18. The van der Waals surface area contributed by atoms with Crippen molar-refractivity contribution in [2.24, 2.45) is 0 Å². The zero-order valence-corrected chi connectivity index (χ0v) is 11.4. The lowest BCUT2D eigenvalue weighted by atomic mass is 10.1. The maximum atomic E-state index is 13.4. The lowest BCUT2D eigenvalue weighted by Crippen LogP contribution is -2.24. The van der Waals surface area contributed by atoms with Crippen LogP contribution in [-0.4, -0.2) is 5.37 Å². The largest absolute Gasteiger partial charge is 0.455 e. The highest BCUT2D eigenvalue weighted by Crippen LogP contribution is 2.40. The van der Waals surface area contributed by atoms with Crippen molar-refractivity contribution >= 4 is 22.7 Å². The molecule has 0 saturated heterocycles. The van der Waals surface area contributed by atoms with Crippen molar-refractivity contribution in [3.8, 4) is 11.5 Å². The van der Waals surface area contributed by atoms with Gasteiger partial charge in [-0.15, -0.1) is 0 Å². The number of amides is 1. The molecule has 3 nitrogen and oxygen atoms in total. The van der Waals surface area contributed by atoms with Crippen LogP contribution in [-0.2, 0) is 6.54 Å². The average molecular weight is 292 g/mol. The second-order valence-electron chi connectivity index (χ2n) is 4.66.